The molecule has 4 atom stereocenters. The van der Waals surface area contributed by atoms with Crippen LogP contribution in [-0.2, 0) is 4.79 Å². The molecule has 3 aromatic rings. The molecule has 0 spiro atoms. The maximum atomic E-state index is 12.8. The number of carbonyl (C=O) groups is 1. The molecule has 1 amide bonds. The third kappa shape index (κ3) is 3.22. The number of nitrogens with zero attached hydrogens (tertiary/aromatic N) is 2. The van der Waals surface area contributed by atoms with Gasteiger partial charge in [0.05, 0.1) is 17.7 Å². The number of aromatic nitrogens is 3. The number of hydrogen-bond donors (Lipinski definition) is 4. The highest BCUT2D eigenvalue weighted by molar-refractivity contribution is 6.32. The van der Waals surface area contributed by atoms with E-state index in [1.54, 1.807) is 13.2 Å². The summed E-state index contributed by atoms with van der Waals surface area (Å²) in [5.41, 5.74) is 1.67. The van der Waals surface area contributed by atoms with Gasteiger partial charge in [-0.25, -0.2) is 4.98 Å². The number of halogens is 1. The van der Waals surface area contributed by atoms with E-state index in [0.717, 1.165) is 29.4 Å². The average molecular weight is 453 g/mol. The van der Waals surface area contributed by atoms with E-state index in [9.17, 15) is 4.79 Å². The van der Waals surface area contributed by atoms with Gasteiger partial charge in [0.2, 0.25) is 11.9 Å². The molecule has 168 valence electrons. The van der Waals surface area contributed by atoms with E-state index in [1.165, 1.54) is 0 Å². The molecule has 3 fully saturated rings. The molecular weight excluding hydrogens is 424 g/mol. The largest absolute Gasteiger partial charge is 0.362 e. The van der Waals surface area contributed by atoms with Crippen LogP contribution in [0.5, 0.6) is 0 Å². The molecule has 0 radical (unpaired) electrons. The van der Waals surface area contributed by atoms with Crippen molar-refractivity contribution >= 4 is 45.9 Å². The second kappa shape index (κ2) is 7.37. The Bertz CT molecular complexity index is 1190. The fourth-order valence-corrected chi connectivity index (χ4v) is 6.10. The first-order valence-electron chi connectivity index (χ1n) is 11.1. The smallest absolute Gasteiger partial charge is 0.229 e. The van der Waals surface area contributed by atoms with Crippen LogP contribution in [0.1, 0.15) is 33.6 Å². The van der Waals surface area contributed by atoms with Crippen molar-refractivity contribution < 1.29 is 4.79 Å². The molecular formula is C24H29ClN6O. The summed E-state index contributed by atoms with van der Waals surface area (Å²) >= 11 is 6.52. The molecule has 0 aliphatic heterocycles. The second-order valence-corrected chi connectivity index (χ2v) is 10.3. The van der Waals surface area contributed by atoms with E-state index in [0.29, 0.717) is 28.6 Å². The maximum Gasteiger partial charge on any atom is 0.229 e. The van der Waals surface area contributed by atoms with Gasteiger partial charge in [-0.3, -0.25) is 4.79 Å². The molecule has 8 heteroatoms. The first-order chi connectivity index (χ1) is 15.2. The van der Waals surface area contributed by atoms with E-state index >= 15 is 0 Å². The van der Waals surface area contributed by atoms with Gasteiger partial charge in [-0.15, -0.1) is 0 Å². The predicted molar refractivity (Wildman–Crippen MR) is 128 cm³/mol. The van der Waals surface area contributed by atoms with Crippen LogP contribution in [-0.4, -0.2) is 33.4 Å². The van der Waals surface area contributed by atoms with E-state index in [4.69, 9.17) is 11.6 Å². The minimum absolute atomic E-state index is 0.0635. The van der Waals surface area contributed by atoms with Gasteiger partial charge < -0.3 is 20.9 Å². The molecule has 32 heavy (non-hydrogen) atoms. The lowest BCUT2D eigenvalue weighted by Gasteiger charge is -2.66. The van der Waals surface area contributed by atoms with Gasteiger partial charge in [0, 0.05) is 29.8 Å². The van der Waals surface area contributed by atoms with Crippen LogP contribution < -0.4 is 16.0 Å². The Kier molecular flexibility index (Phi) is 4.85. The van der Waals surface area contributed by atoms with E-state index in [-0.39, 0.29) is 17.2 Å². The zero-order valence-corrected chi connectivity index (χ0v) is 19.5. The maximum absolute atomic E-state index is 12.8. The van der Waals surface area contributed by atoms with Crippen LogP contribution in [0.15, 0.2) is 36.7 Å². The molecule has 2 aromatic heterocycles. The van der Waals surface area contributed by atoms with Crippen molar-refractivity contribution in [3.05, 3.63) is 41.7 Å². The monoisotopic (exact) mass is 452 g/mol. The van der Waals surface area contributed by atoms with Crippen LogP contribution in [0.25, 0.3) is 10.9 Å². The first kappa shape index (κ1) is 21.1. The molecule has 0 saturated heterocycles. The van der Waals surface area contributed by atoms with Gasteiger partial charge in [-0.2, -0.15) is 4.98 Å². The van der Waals surface area contributed by atoms with Crippen LogP contribution in [0.2, 0.25) is 5.02 Å². The molecule has 1 aromatic carbocycles. The number of aromatic amines is 1. The van der Waals surface area contributed by atoms with Crippen molar-refractivity contribution in [2.24, 2.45) is 23.2 Å². The summed E-state index contributed by atoms with van der Waals surface area (Å²) in [6.07, 6.45) is 5.48. The highest BCUT2D eigenvalue weighted by Crippen LogP contribution is 2.65. The number of nitrogens with one attached hydrogen (secondary N) is 4. The molecule has 6 rings (SSSR count). The number of hydrogen-bond acceptors (Lipinski definition) is 5. The lowest BCUT2D eigenvalue weighted by molar-refractivity contribution is -0.155. The number of rotatable bonds is 5. The number of benzene rings is 1. The van der Waals surface area contributed by atoms with Gasteiger partial charge in [0.1, 0.15) is 5.02 Å². The summed E-state index contributed by atoms with van der Waals surface area (Å²) in [5.74, 6) is 1.81. The minimum atomic E-state index is -0.461. The number of carbonyl (C=O) groups excluding carboxylic acids is 1. The van der Waals surface area contributed by atoms with Gasteiger partial charge in [0.25, 0.3) is 0 Å². The van der Waals surface area contributed by atoms with Crippen molar-refractivity contribution in [3.63, 3.8) is 0 Å². The summed E-state index contributed by atoms with van der Waals surface area (Å²) in [4.78, 5) is 25.0. The molecule has 3 aliphatic rings. The van der Waals surface area contributed by atoms with Crippen LogP contribution in [0.4, 0.5) is 17.5 Å². The van der Waals surface area contributed by atoms with E-state index in [1.807, 2.05) is 30.5 Å². The Balaban J connectivity index is 1.45. The first-order valence-corrected chi connectivity index (χ1v) is 11.5. The van der Waals surface area contributed by atoms with Crippen LogP contribution in [0.3, 0.4) is 0 Å². The highest BCUT2D eigenvalue weighted by atomic mass is 35.5. The van der Waals surface area contributed by atoms with Crippen LogP contribution in [0, 0.1) is 23.2 Å². The summed E-state index contributed by atoms with van der Waals surface area (Å²) in [6.45, 7) is 6.75. The normalized spacial score (nSPS) is 28.1. The van der Waals surface area contributed by atoms with Crippen LogP contribution >= 0.6 is 11.6 Å². The Morgan fingerprint density at radius 3 is 2.78 bits per heavy atom. The van der Waals surface area contributed by atoms with Gasteiger partial charge >= 0.3 is 0 Å². The van der Waals surface area contributed by atoms with Crippen molar-refractivity contribution in [3.8, 4) is 0 Å². The second-order valence-electron chi connectivity index (χ2n) is 9.91. The summed E-state index contributed by atoms with van der Waals surface area (Å²) < 4.78 is 0. The van der Waals surface area contributed by atoms with E-state index < -0.39 is 5.54 Å². The number of H-pyrrole nitrogens is 1. The number of anilines is 3. The summed E-state index contributed by atoms with van der Waals surface area (Å²) in [6, 6.07) is 8.05. The van der Waals surface area contributed by atoms with Crippen molar-refractivity contribution in [2.45, 2.75) is 39.2 Å². The van der Waals surface area contributed by atoms with E-state index in [2.05, 4.69) is 51.7 Å². The molecule has 2 heterocycles. The van der Waals surface area contributed by atoms with Crippen molar-refractivity contribution in [1.29, 1.82) is 0 Å². The molecule has 3 saturated carbocycles. The SMILES string of the molecule is CNC(=O)[C@H]1C[C@H]2C[C@H](C2(C)C)[C@@]1(C)Nc1nc(Nc2ccc3[nH]ccc3c2)ncc1Cl. The topological polar surface area (TPSA) is 94.7 Å². The fraction of sp³-hybridized carbons (Fsp3) is 0.458. The number of fused-ring (bicyclic) bond motifs is 3. The van der Waals surface area contributed by atoms with Gasteiger partial charge in [-0.1, -0.05) is 25.4 Å². The van der Waals surface area contributed by atoms with Crippen molar-refractivity contribution in [1.82, 2.24) is 20.3 Å². The van der Waals surface area contributed by atoms with Gasteiger partial charge in [-0.05, 0) is 61.3 Å². The Morgan fingerprint density at radius 2 is 2.03 bits per heavy atom. The predicted octanol–water partition coefficient (Wildman–Crippen LogP) is 4.95. The molecule has 0 unspecified atom stereocenters. The zero-order valence-electron chi connectivity index (χ0n) is 18.8. The Labute approximate surface area is 192 Å². The third-order valence-electron chi connectivity index (χ3n) is 7.94. The minimum Gasteiger partial charge on any atom is -0.362 e. The summed E-state index contributed by atoms with van der Waals surface area (Å²) in [5, 5.41) is 11.3. The Hall–Kier alpha value is -2.80. The van der Waals surface area contributed by atoms with Crippen molar-refractivity contribution in [2.75, 3.05) is 17.7 Å². The summed E-state index contributed by atoms with van der Waals surface area (Å²) in [7, 11) is 1.70. The average Bonchev–Trinajstić information content (AvgIpc) is 3.23. The molecule has 3 aliphatic carbocycles. The number of amides is 1. The Morgan fingerprint density at radius 1 is 1.22 bits per heavy atom. The quantitative estimate of drug-likeness (QED) is 0.439. The highest BCUT2D eigenvalue weighted by Gasteiger charge is 2.64. The molecule has 7 nitrogen and oxygen atoms in total. The molecule has 2 bridgehead atoms. The third-order valence-corrected chi connectivity index (χ3v) is 8.22. The van der Waals surface area contributed by atoms with Gasteiger partial charge in [0.15, 0.2) is 5.82 Å². The fourth-order valence-electron chi connectivity index (χ4n) is 5.96. The zero-order chi connectivity index (χ0) is 22.7. The lowest BCUT2D eigenvalue weighted by atomic mass is 9.40. The molecule has 4 N–H and O–H groups in total. The lowest BCUT2D eigenvalue weighted by Crippen LogP contribution is -2.69. The standard InChI is InChI=1S/C24H29ClN6O/c1-23(2)14-10-16(21(32)26-4)24(3,19(23)11-14)31-20-17(25)12-28-22(30-20)29-15-5-6-18-13(9-15)7-8-27-18/h5-9,12,14,16,19,27H,10-11H2,1-4H3,(H,26,32)(H2,28,29,30,31)/t14-,16+,19+,24-/m0/s1.